The van der Waals surface area contributed by atoms with Gasteiger partial charge in [-0.15, -0.1) is 0 Å². The molecular weight excluding hydrogens is 398 g/mol. The summed E-state index contributed by atoms with van der Waals surface area (Å²) in [4.78, 5) is 27.6. The minimum absolute atomic E-state index is 0.111. The molecule has 0 saturated carbocycles. The molecule has 4 heterocycles. The van der Waals surface area contributed by atoms with E-state index in [1.807, 2.05) is 19.9 Å². The average molecular weight is 417 g/mol. The van der Waals surface area contributed by atoms with Crippen LogP contribution in [0.2, 0.25) is 0 Å². The fraction of sp³-hybridized carbons (Fsp3) is 0.500. The second kappa shape index (κ2) is 7.34. The van der Waals surface area contributed by atoms with Crippen LogP contribution in [0, 0.1) is 17.2 Å². The Labute approximate surface area is 170 Å². The van der Waals surface area contributed by atoms with Crippen LogP contribution in [0.1, 0.15) is 25.6 Å². The standard InChI is InChI=1S/C18H19N5O7/c1-9(2)5-26-16(24)27-7-18(6-19)14-13(28-17(25)29-14)12(30-18)10-3-4-11-15(20)21-8-22-23(10)11/h3-4,8-9,12-14H,5,7H2,1-2H3,(H2,20,21,22)/t12-,13-,14-,18+/m0/s1. The number of carbonyl (C=O) groups excluding carboxylic acids is 2. The number of carbonyl (C=O) groups is 2. The van der Waals surface area contributed by atoms with Crippen LogP contribution in [0.5, 0.6) is 0 Å². The molecule has 2 aliphatic rings. The summed E-state index contributed by atoms with van der Waals surface area (Å²) in [7, 11) is 0. The van der Waals surface area contributed by atoms with Crippen molar-refractivity contribution in [3.8, 4) is 6.07 Å². The van der Waals surface area contributed by atoms with Gasteiger partial charge in [-0.1, -0.05) is 13.8 Å². The summed E-state index contributed by atoms with van der Waals surface area (Å²) in [5, 5.41) is 14.0. The van der Waals surface area contributed by atoms with Gasteiger partial charge in [-0.25, -0.2) is 19.1 Å². The fourth-order valence-electron chi connectivity index (χ4n) is 3.41. The summed E-state index contributed by atoms with van der Waals surface area (Å²) in [6.07, 6.45) is -3.64. The van der Waals surface area contributed by atoms with Gasteiger partial charge in [-0.2, -0.15) is 10.4 Å². The van der Waals surface area contributed by atoms with Crippen molar-refractivity contribution >= 4 is 23.6 Å². The van der Waals surface area contributed by atoms with Crippen LogP contribution in [-0.2, 0) is 23.7 Å². The van der Waals surface area contributed by atoms with Crippen molar-refractivity contribution in [1.29, 1.82) is 5.26 Å². The Morgan fingerprint density at radius 3 is 2.93 bits per heavy atom. The van der Waals surface area contributed by atoms with E-state index < -0.39 is 42.8 Å². The van der Waals surface area contributed by atoms with Gasteiger partial charge >= 0.3 is 12.3 Å². The molecule has 4 rings (SSSR count). The minimum Gasteiger partial charge on any atom is -0.434 e. The molecular formula is C18H19N5O7. The lowest BCUT2D eigenvalue weighted by Crippen LogP contribution is -2.45. The molecule has 12 heteroatoms. The molecule has 0 radical (unpaired) electrons. The molecule has 4 atom stereocenters. The van der Waals surface area contributed by atoms with E-state index in [4.69, 9.17) is 29.4 Å². The van der Waals surface area contributed by atoms with Crippen molar-refractivity contribution in [2.45, 2.75) is 37.8 Å². The van der Waals surface area contributed by atoms with Crippen LogP contribution in [0.25, 0.3) is 5.52 Å². The van der Waals surface area contributed by atoms with E-state index in [9.17, 15) is 14.9 Å². The number of ether oxygens (including phenoxy) is 5. The van der Waals surface area contributed by atoms with Crippen molar-refractivity contribution in [2.75, 3.05) is 18.9 Å². The van der Waals surface area contributed by atoms with E-state index in [0.717, 1.165) is 0 Å². The van der Waals surface area contributed by atoms with E-state index in [1.165, 1.54) is 10.8 Å². The number of anilines is 1. The summed E-state index contributed by atoms with van der Waals surface area (Å²) < 4.78 is 27.9. The predicted molar refractivity (Wildman–Crippen MR) is 96.8 cm³/mol. The normalized spacial score (nSPS) is 27.4. The third-order valence-electron chi connectivity index (χ3n) is 4.78. The highest BCUT2D eigenvalue weighted by Crippen LogP contribution is 2.46. The average Bonchev–Trinajstić information content (AvgIpc) is 3.38. The summed E-state index contributed by atoms with van der Waals surface area (Å²) >= 11 is 0. The topological polar surface area (TPSA) is 160 Å². The van der Waals surface area contributed by atoms with Gasteiger partial charge < -0.3 is 29.4 Å². The molecule has 0 spiro atoms. The quantitative estimate of drug-likeness (QED) is 0.699. The Balaban J connectivity index is 1.61. The molecule has 2 saturated heterocycles. The largest absolute Gasteiger partial charge is 0.509 e. The Morgan fingerprint density at radius 2 is 2.20 bits per heavy atom. The van der Waals surface area contributed by atoms with Crippen LogP contribution >= 0.6 is 0 Å². The predicted octanol–water partition coefficient (Wildman–Crippen LogP) is 1.36. The van der Waals surface area contributed by atoms with E-state index in [0.29, 0.717) is 11.2 Å². The molecule has 0 unspecified atom stereocenters. The Hall–Kier alpha value is -3.59. The highest BCUT2D eigenvalue weighted by Gasteiger charge is 2.65. The third kappa shape index (κ3) is 3.22. The zero-order chi connectivity index (χ0) is 21.5. The van der Waals surface area contributed by atoms with Gasteiger partial charge in [0.1, 0.15) is 30.6 Å². The highest BCUT2D eigenvalue weighted by molar-refractivity contribution is 5.66. The van der Waals surface area contributed by atoms with Gasteiger partial charge in [-0.05, 0) is 18.1 Å². The minimum atomic E-state index is -1.79. The smallest absolute Gasteiger partial charge is 0.434 e. The molecule has 158 valence electrons. The van der Waals surface area contributed by atoms with E-state index >= 15 is 0 Å². The van der Waals surface area contributed by atoms with Crippen LogP contribution in [-0.4, -0.2) is 57.9 Å². The number of nitrogen functional groups attached to an aromatic ring is 1. The van der Waals surface area contributed by atoms with Gasteiger partial charge in [0.15, 0.2) is 18.0 Å². The zero-order valence-electron chi connectivity index (χ0n) is 16.2. The number of hydrogen-bond donors (Lipinski definition) is 1. The lowest BCUT2D eigenvalue weighted by molar-refractivity contribution is -0.0954. The van der Waals surface area contributed by atoms with E-state index in [-0.39, 0.29) is 18.3 Å². The van der Waals surface area contributed by atoms with Crippen molar-refractivity contribution in [2.24, 2.45) is 5.92 Å². The van der Waals surface area contributed by atoms with Crippen LogP contribution in [0.3, 0.4) is 0 Å². The Morgan fingerprint density at radius 1 is 1.40 bits per heavy atom. The maximum absolute atomic E-state index is 11.9. The van der Waals surface area contributed by atoms with Crippen molar-refractivity contribution in [1.82, 2.24) is 14.6 Å². The SMILES string of the molecule is CC(C)COC(=O)OC[C@@]1(C#N)O[C@@H](c2ccc3c(N)ncnn23)[C@@H]2OC(=O)O[C@@H]21. The summed E-state index contributed by atoms with van der Waals surface area (Å²) in [5.41, 5.74) is 5.05. The summed E-state index contributed by atoms with van der Waals surface area (Å²) in [5.74, 6) is 0.355. The van der Waals surface area contributed by atoms with Crippen molar-refractivity contribution in [3.63, 3.8) is 0 Å². The third-order valence-corrected chi connectivity index (χ3v) is 4.78. The molecule has 12 nitrogen and oxygen atoms in total. The van der Waals surface area contributed by atoms with Crippen LogP contribution in [0.15, 0.2) is 18.5 Å². The number of nitriles is 1. The van der Waals surface area contributed by atoms with Crippen LogP contribution in [0.4, 0.5) is 15.4 Å². The Kier molecular flexibility index (Phi) is 4.83. The number of hydrogen-bond acceptors (Lipinski definition) is 11. The van der Waals surface area contributed by atoms with Gasteiger partial charge in [0, 0.05) is 0 Å². The van der Waals surface area contributed by atoms with Gasteiger partial charge in [0.05, 0.1) is 12.3 Å². The molecule has 0 aromatic carbocycles. The number of aromatic nitrogens is 3. The molecule has 2 aromatic rings. The van der Waals surface area contributed by atoms with Crippen molar-refractivity contribution in [3.05, 3.63) is 24.2 Å². The molecule has 0 amide bonds. The fourth-order valence-corrected chi connectivity index (χ4v) is 3.41. The van der Waals surface area contributed by atoms with Gasteiger partial charge in [0.25, 0.3) is 0 Å². The number of fused-ring (bicyclic) bond motifs is 2. The van der Waals surface area contributed by atoms with Crippen LogP contribution < -0.4 is 5.73 Å². The molecule has 2 aromatic heterocycles. The lowest BCUT2D eigenvalue weighted by atomic mass is 9.96. The molecule has 2 aliphatic heterocycles. The Bertz CT molecular complexity index is 1030. The first-order valence-corrected chi connectivity index (χ1v) is 9.18. The molecule has 2 fully saturated rings. The van der Waals surface area contributed by atoms with E-state index in [1.54, 1.807) is 12.1 Å². The molecule has 30 heavy (non-hydrogen) atoms. The van der Waals surface area contributed by atoms with Gasteiger partial charge in [-0.3, -0.25) is 0 Å². The van der Waals surface area contributed by atoms with Gasteiger partial charge in [0.2, 0.25) is 5.60 Å². The first-order valence-electron chi connectivity index (χ1n) is 9.18. The molecule has 0 aliphatic carbocycles. The second-order valence-corrected chi connectivity index (χ2v) is 7.35. The first kappa shape index (κ1) is 19.7. The monoisotopic (exact) mass is 417 g/mol. The molecule has 2 N–H and O–H groups in total. The second-order valence-electron chi connectivity index (χ2n) is 7.35. The number of rotatable bonds is 5. The zero-order valence-corrected chi connectivity index (χ0v) is 16.2. The summed E-state index contributed by atoms with van der Waals surface area (Å²) in [6, 6.07) is 5.30. The first-order chi connectivity index (χ1) is 14.3. The maximum Gasteiger partial charge on any atom is 0.509 e. The maximum atomic E-state index is 11.9. The highest BCUT2D eigenvalue weighted by atomic mass is 16.8. The summed E-state index contributed by atoms with van der Waals surface area (Å²) in [6.45, 7) is 3.37. The number of nitrogens with zero attached hydrogens (tertiary/aromatic N) is 4. The van der Waals surface area contributed by atoms with E-state index in [2.05, 4.69) is 10.1 Å². The number of nitrogens with two attached hydrogens (primary N) is 1. The molecule has 0 bridgehead atoms. The van der Waals surface area contributed by atoms with Crippen molar-refractivity contribution < 1.29 is 33.3 Å². The lowest BCUT2D eigenvalue weighted by Gasteiger charge is -2.24.